The largest absolute Gasteiger partial charge is 0.380 e. The summed E-state index contributed by atoms with van der Waals surface area (Å²) in [5.41, 5.74) is 3.29. The number of rotatable bonds is 1. The molecule has 2 atom stereocenters. The van der Waals surface area contributed by atoms with E-state index in [9.17, 15) is 5.11 Å². The predicted molar refractivity (Wildman–Crippen MR) is 76.1 cm³/mol. The van der Waals surface area contributed by atoms with Crippen molar-refractivity contribution in [1.29, 1.82) is 0 Å². The van der Waals surface area contributed by atoms with E-state index in [0.717, 1.165) is 29.7 Å². The Kier molecular flexibility index (Phi) is 2.90. The van der Waals surface area contributed by atoms with E-state index in [0.29, 0.717) is 5.92 Å². The van der Waals surface area contributed by atoms with E-state index in [4.69, 9.17) is 0 Å². The Labute approximate surface area is 114 Å². The third-order valence-electron chi connectivity index (χ3n) is 4.27. The van der Waals surface area contributed by atoms with Gasteiger partial charge in [-0.05, 0) is 42.9 Å². The normalized spacial score (nSPS) is 25.9. The van der Waals surface area contributed by atoms with Gasteiger partial charge >= 0.3 is 0 Å². The number of fused-ring (bicyclic) bond motifs is 1. The van der Waals surface area contributed by atoms with Gasteiger partial charge in [-0.25, -0.2) is 0 Å². The van der Waals surface area contributed by atoms with Crippen LogP contribution in [0.15, 0.2) is 42.6 Å². The van der Waals surface area contributed by atoms with Crippen molar-refractivity contribution in [1.82, 2.24) is 4.98 Å². The van der Waals surface area contributed by atoms with Gasteiger partial charge in [0.2, 0.25) is 0 Å². The summed E-state index contributed by atoms with van der Waals surface area (Å²) in [4.78, 5) is 4.33. The highest BCUT2D eigenvalue weighted by Gasteiger charge is 2.38. The maximum absolute atomic E-state index is 11.2. The van der Waals surface area contributed by atoms with Gasteiger partial charge in [-0.2, -0.15) is 0 Å². The Balaban J connectivity index is 2.15. The van der Waals surface area contributed by atoms with Crippen LogP contribution < -0.4 is 0 Å². The van der Waals surface area contributed by atoms with E-state index in [2.05, 4.69) is 24.0 Å². The lowest BCUT2D eigenvalue weighted by atomic mass is 9.72. The molecule has 1 N–H and O–H groups in total. The van der Waals surface area contributed by atoms with Crippen molar-refractivity contribution in [3.05, 3.63) is 65.0 Å². The van der Waals surface area contributed by atoms with E-state index in [-0.39, 0.29) is 0 Å². The Morgan fingerprint density at radius 3 is 2.74 bits per heavy atom. The Morgan fingerprint density at radius 1 is 1.21 bits per heavy atom. The van der Waals surface area contributed by atoms with Crippen LogP contribution in [-0.2, 0) is 5.60 Å². The molecule has 2 heteroatoms. The molecule has 0 saturated carbocycles. The Hall–Kier alpha value is -1.67. The number of hydrogen-bond donors (Lipinski definition) is 1. The third-order valence-corrected chi connectivity index (χ3v) is 4.27. The molecule has 0 fully saturated rings. The van der Waals surface area contributed by atoms with E-state index in [1.54, 1.807) is 0 Å². The first kappa shape index (κ1) is 12.4. The maximum Gasteiger partial charge on any atom is 0.116 e. The second kappa shape index (κ2) is 4.46. The number of aromatic nitrogens is 1. The molecule has 1 aromatic heterocycles. The first-order valence-corrected chi connectivity index (χ1v) is 6.86. The number of aryl methyl sites for hydroxylation is 1. The fourth-order valence-electron chi connectivity index (χ4n) is 3.03. The zero-order valence-corrected chi connectivity index (χ0v) is 11.4. The summed E-state index contributed by atoms with van der Waals surface area (Å²) in [5.74, 6) is 0.509. The van der Waals surface area contributed by atoms with E-state index in [1.807, 2.05) is 37.4 Å². The standard InChI is InChI=1S/C17H19NO/c1-12-9-10-17(19,14-8-7-13(2)18-11-14)16-6-4-3-5-15(12)16/h3-8,11-12,19H,9-10H2,1-2H3. The minimum absolute atomic E-state index is 0.509. The Bertz CT molecular complexity index is 590. The summed E-state index contributed by atoms with van der Waals surface area (Å²) in [6.07, 6.45) is 3.57. The second-order valence-corrected chi connectivity index (χ2v) is 5.58. The average Bonchev–Trinajstić information content (AvgIpc) is 2.44. The van der Waals surface area contributed by atoms with Gasteiger partial charge in [0.15, 0.2) is 0 Å². The van der Waals surface area contributed by atoms with Crippen LogP contribution in [0, 0.1) is 6.92 Å². The van der Waals surface area contributed by atoms with Crippen molar-refractivity contribution in [2.45, 2.75) is 38.2 Å². The highest BCUT2D eigenvalue weighted by Crippen LogP contribution is 2.44. The fourth-order valence-corrected chi connectivity index (χ4v) is 3.03. The average molecular weight is 253 g/mol. The molecule has 2 unspecified atom stereocenters. The highest BCUT2D eigenvalue weighted by molar-refractivity contribution is 5.43. The van der Waals surface area contributed by atoms with Gasteiger partial charge in [-0.3, -0.25) is 4.98 Å². The summed E-state index contributed by atoms with van der Waals surface area (Å²) in [7, 11) is 0. The molecule has 0 aliphatic heterocycles. The van der Waals surface area contributed by atoms with E-state index < -0.39 is 5.60 Å². The molecule has 0 amide bonds. The molecule has 1 aliphatic rings. The van der Waals surface area contributed by atoms with Crippen LogP contribution in [0.25, 0.3) is 0 Å². The van der Waals surface area contributed by atoms with Crippen LogP contribution in [0.1, 0.15) is 48.1 Å². The molecule has 1 aromatic carbocycles. The van der Waals surface area contributed by atoms with Crippen molar-refractivity contribution in [3.63, 3.8) is 0 Å². The van der Waals surface area contributed by atoms with Gasteiger partial charge in [-0.15, -0.1) is 0 Å². The molecular formula is C17H19NO. The van der Waals surface area contributed by atoms with E-state index >= 15 is 0 Å². The molecule has 0 spiro atoms. The van der Waals surface area contributed by atoms with Crippen LogP contribution in [0.3, 0.4) is 0 Å². The quantitative estimate of drug-likeness (QED) is 0.843. The van der Waals surface area contributed by atoms with Gasteiger partial charge in [0.25, 0.3) is 0 Å². The minimum atomic E-state index is -0.885. The molecule has 0 radical (unpaired) electrons. The van der Waals surface area contributed by atoms with Crippen molar-refractivity contribution >= 4 is 0 Å². The first-order chi connectivity index (χ1) is 9.11. The molecular weight excluding hydrogens is 234 g/mol. The van der Waals surface area contributed by atoms with Gasteiger partial charge in [0.05, 0.1) is 0 Å². The van der Waals surface area contributed by atoms with Crippen LogP contribution in [-0.4, -0.2) is 10.1 Å². The molecule has 98 valence electrons. The lowest BCUT2D eigenvalue weighted by Gasteiger charge is -2.37. The summed E-state index contributed by atoms with van der Waals surface area (Å²) in [6, 6.07) is 12.2. The van der Waals surface area contributed by atoms with Gasteiger partial charge < -0.3 is 5.11 Å². The number of nitrogens with zero attached hydrogens (tertiary/aromatic N) is 1. The molecule has 1 aliphatic carbocycles. The van der Waals surface area contributed by atoms with Gasteiger partial charge in [-0.1, -0.05) is 37.3 Å². The molecule has 2 nitrogen and oxygen atoms in total. The van der Waals surface area contributed by atoms with Crippen molar-refractivity contribution in [2.75, 3.05) is 0 Å². The molecule has 3 rings (SSSR count). The van der Waals surface area contributed by atoms with Crippen molar-refractivity contribution in [3.8, 4) is 0 Å². The van der Waals surface area contributed by atoms with Crippen LogP contribution in [0.4, 0.5) is 0 Å². The number of aliphatic hydroxyl groups is 1. The molecule has 1 heterocycles. The summed E-state index contributed by atoms with van der Waals surface area (Å²) in [5, 5.41) is 11.2. The SMILES string of the molecule is Cc1ccc(C2(O)CCC(C)c3ccccc32)cn1. The third kappa shape index (κ3) is 1.96. The summed E-state index contributed by atoms with van der Waals surface area (Å²) >= 11 is 0. The zero-order chi connectivity index (χ0) is 13.5. The smallest absolute Gasteiger partial charge is 0.116 e. The van der Waals surface area contributed by atoms with Gasteiger partial charge in [0, 0.05) is 17.5 Å². The summed E-state index contributed by atoms with van der Waals surface area (Å²) in [6.45, 7) is 4.19. The topological polar surface area (TPSA) is 33.1 Å². The lowest BCUT2D eigenvalue weighted by Crippen LogP contribution is -2.33. The molecule has 0 saturated heterocycles. The highest BCUT2D eigenvalue weighted by atomic mass is 16.3. The van der Waals surface area contributed by atoms with Crippen LogP contribution in [0.5, 0.6) is 0 Å². The number of benzene rings is 1. The van der Waals surface area contributed by atoms with Crippen LogP contribution >= 0.6 is 0 Å². The first-order valence-electron chi connectivity index (χ1n) is 6.86. The minimum Gasteiger partial charge on any atom is -0.380 e. The number of pyridine rings is 1. The summed E-state index contributed by atoms with van der Waals surface area (Å²) < 4.78 is 0. The lowest BCUT2D eigenvalue weighted by molar-refractivity contribution is 0.0576. The van der Waals surface area contributed by atoms with Gasteiger partial charge in [0.1, 0.15) is 5.60 Å². The van der Waals surface area contributed by atoms with Crippen molar-refractivity contribution < 1.29 is 5.11 Å². The van der Waals surface area contributed by atoms with E-state index in [1.165, 1.54) is 5.56 Å². The molecule has 19 heavy (non-hydrogen) atoms. The Morgan fingerprint density at radius 2 is 2.00 bits per heavy atom. The predicted octanol–water partition coefficient (Wildman–Crippen LogP) is 3.52. The second-order valence-electron chi connectivity index (χ2n) is 5.58. The zero-order valence-electron chi connectivity index (χ0n) is 11.4. The van der Waals surface area contributed by atoms with Crippen molar-refractivity contribution in [2.24, 2.45) is 0 Å². The molecule has 2 aromatic rings. The van der Waals surface area contributed by atoms with Crippen LogP contribution in [0.2, 0.25) is 0 Å². The maximum atomic E-state index is 11.2. The number of hydrogen-bond acceptors (Lipinski definition) is 2. The monoisotopic (exact) mass is 253 g/mol. The fraction of sp³-hybridized carbons (Fsp3) is 0.353. The molecule has 0 bridgehead atoms.